The van der Waals surface area contributed by atoms with Gasteiger partial charge in [-0.25, -0.2) is 0 Å². The van der Waals surface area contributed by atoms with Crippen LogP contribution in [-0.2, 0) is 6.18 Å². The van der Waals surface area contributed by atoms with Crippen LogP contribution in [0.25, 0.3) is 0 Å². The summed E-state index contributed by atoms with van der Waals surface area (Å²) in [7, 11) is 0. The summed E-state index contributed by atoms with van der Waals surface area (Å²) in [4.78, 5) is 0. The van der Waals surface area contributed by atoms with Gasteiger partial charge < -0.3 is 5.32 Å². The van der Waals surface area contributed by atoms with Crippen LogP contribution in [-0.4, -0.2) is 6.54 Å². The average Bonchev–Trinajstić information content (AvgIpc) is 2.28. The Bertz CT molecular complexity index is 404. The van der Waals surface area contributed by atoms with E-state index in [-0.39, 0.29) is 11.6 Å². The minimum absolute atomic E-state index is 0.247. The van der Waals surface area contributed by atoms with Crippen LogP contribution in [0.1, 0.15) is 30.5 Å². The lowest BCUT2D eigenvalue weighted by Gasteiger charge is -2.19. The van der Waals surface area contributed by atoms with Gasteiger partial charge in [0.2, 0.25) is 0 Å². The van der Waals surface area contributed by atoms with E-state index in [9.17, 15) is 13.2 Å². The van der Waals surface area contributed by atoms with E-state index < -0.39 is 11.7 Å². The van der Waals surface area contributed by atoms with Crippen molar-refractivity contribution in [2.24, 2.45) is 0 Å². The third-order valence-corrected chi connectivity index (χ3v) is 2.45. The Morgan fingerprint density at radius 3 is 2.59 bits per heavy atom. The SMILES string of the molecule is C#CCCNC(C)c1ccccc1C(F)(F)F. The molecule has 0 radical (unpaired) electrons. The van der Waals surface area contributed by atoms with Crippen LogP contribution < -0.4 is 5.32 Å². The smallest absolute Gasteiger partial charge is 0.309 e. The average molecular weight is 241 g/mol. The molecule has 0 bridgehead atoms. The molecular weight excluding hydrogens is 227 g/mol. The molecule has 0 saturated carbocycles. The molecule has 1 aromatic carbocycles. The van der Waals surface area contributed by atoms with E-state index >= 15 is 0 Å². The van der Waals surface area contributed by atoms with Crippen LogP contribution in [0.4, 0.5) is 13.2 Å². The van der Waals surface area contributed by atoms with Gasteiger partial charge in [-0.3, -0.25) is 0 Å². The third kappa shape index (κ3) is 3.79. The van der Waals surface area contributed by atoms with Crippen LogP contribution in [0.2, 0.25) is 0 Å². The summed E-state index contributed by atoms with van der Waals surface area (Å²) in [5, 5.41) is 2.97. The Balaban J connectivity index is 2.86. The van der Waals surface area contributed by atoms with Crippen LogP contribution in [0, 0.1) is 12.3 Å². The van der Waals surface area contributed by atoms with Crippen molar-refractivity contribution < 1.29 is 13.2 Å². The van der Waals surface area contributed by atoms with Gasteiger partial charge in [0, 0.05) is 19.0 Å². The summed E-state index contributed by atoms with van der Waals surface area (Å²) in [6.07, 6.45) is 1.26. The molecule has 0 aromatic heterocycles. The van der Waals surface area contributed by atoms with E-state index in [1.807, 2.05) is 0 Å². The fourth-order valence-corrected chi connectivity index (χ4v) is 1.60. The Morgan fingerprint density at radius 1 is 1.35 bits per heavy atom. The first-order valence-electron chi connectivity index (χ1n) is 5.29. The Kier molecular flexibility index (Phi) is 4.59. The molecule has 0 aliphatic heterocycles. The third-order valence-electron chi connectivity index (χ3n) is 2.45. The number of terminal acetylenes is 1. The highest BCUT2D eigenvalue weighted by Crippen LogP contribution is 2.34. The van der Waals surface area contributed by atoms with Crippen molar-refractivity contribution >= 4 is 0 Å². The van der Waals surface area contributed by atoms with Gasteiger partial charge >= 0.3 is 6.18 Å². The first-order valence-corrected chi connectivity index (χ1v) is 5.29. The van der Waals surface area contributed by atoms with E-state index in [2.05, 4.69) is 11.2 Å². The zero-order chi connectivity index (χ0) is 12.9. The van der Waals surface area contributed by atoms with Crippen molar-refractivity contribution in [3.8, 4) is 12.3 Å². The standard InChI is InChI=1S/C13H14F3N/c1-3-4-9-17-10(2)11-7-5-6-8-12(11)13(14,15)16/h1,5-8,10,17H,4,9H2,2H3. The molecule has 1 aromatic rings. The molecule has 0 aliphatic carbocycles. The molecule has 1 rings (SSSR count). The second-order valence-electron chi connectivity index (χ2n) is 3.71. The molecule has 4 heteroatoms. The summed E-state index contributed by atoms with van der Waals surface area (Å²) in [6, 6.07) is 5.19. The van der Waals surface area contributed by atoms with Crippen molar-refractivity contribution in [3.05, 3.63) is 35.4 Å². The van der Waals surface area contributed by atoms with Crippen molar-refractivity contribution in [1.82, 2.24) is 5.32 Å². The second kappa shape index (κ2) is 5.74. The van der Waals surface area contributed by atoms with Gasteiger partial charge in [0.25, 0.3) is 0 Å². The minimum atomic E-state index is -4.32. The molecule has 0 fully saturated rings. The van der Waals surface area contributed by atoms with Crippen LogP contribution in [0.5, 0.6) is 0 Å². The fraction of sp³-hybridized carbons (Fsp3) is 0.385. The number of alkyl halides is 3. The largest absolute Gasteiger partial charge is 0.416 e. The fourth-order valence-electron chi connectivity index (χ4n) is 1.60. The van der Waals surface area contributed by atoms with Crippen LogP contribution >= 0.6 is 0 Å². The molecule has 17 heavy (non-hydrogen) atoms. The number of hydrogen-bond donors (Lipinski definition) is 1. The lowest BCUT2D eigenvalue weighted by molar-refractivity contribution is -0.138. The molecule has 92 valence electrons. The lowest BCUT2D eigenvalue weighted by atomic mass is 10.0. The summed E-state index contributed by atoms with van der Waals surface area (Å²) in [5.41, 5.74) is -0.349. The first-order chi connectivity index (χ1) is 7.96. The predicted octanol–water partition coefficient (Wildman–Crippen LogP) is 3.38. The molecule has 1 atom stereocenters. The van der Waals surface area contributed by atoms with Gasteiger partial charge in [-0.15, -0.1) is 12.3 Å². The van der Waals surface area contributed by atoms with Gasteiger partial charge in [0.1, 0.15) is 0 Å². The van der Waals surface area contributed by atoms with Crippen molar-refractivity contribution in [3.63, 3.8) is 0 Å². The topological polar surface area (TPSA) is 12.0 Å². The molecule has 0 saturated heterocycles. The highest BCUT2D eigenvalue weighted by atomic mass is 19.4. The maximum Gasteiger partial charge on any atom is 0.416 e. The van der Waals surface area contributed by atoms with Gasteiger partial charge in [0.15, 0.2) is 0 Å². The maximum atomic E-state index is 12.7. The highest BCUT2D eigenvalue weighted by Gasteiger charge is 2.33. The molecule has 0 amide bonds. The highest BCUT2D eigenvalue weighted by molar-refractivity contribution is 5.32. The van der Waals surface area contributed by atoms with E-state index in [1.165, 1.54) is 12.1 Å². The van der Waals surface area contributed by atoms with Gasteiger partial charge in [-0.05, 0) is 18.6 Å². The number of hydrogen-bond acceptors (Lipinski definition) is 1. The molecule has 0 aliphatic rings. The molecule has 0 heterocycles. The summed E-state index contributed by atoms with van der Waals surface area (Å²) in [5.74, 6) is 2.43. The van der Waals surface area contributed by atoms with E-state index in [0.717, 1.165) is 6.07 Å². The van der Waals surface area contributed by atoms with Gasteiger partial charge in [-0.2, -0.15) is 13.2 Å². The molecule has 1 unspecified atom stereocenters. The van der Waals surface area contributed by atoms with E-state index in [0.29, 0.717) is 13.0 Å². The number of rotatable bonds is 4. The van der Waals surface area contributed by atoms with Crippen LogP contribution in [0.15, 0.2) is 24.3 Å². The Hall–Kier alpha value is -1.47. The minimum Gasteiger partial charge on any atom is -0.309 e. The zero-order valence-electron chi connectivity index (χ0n) is 9.51. The quantitative estimate of drug-likeness (QED) is 0.629. The lowest BCUT2D eigenvalue weighted by Crippen LogP contribution is -2.22. The van der Waals surface area contributed by atoms with Crippen molar-refractivity contribution in [2.75, 3.05) is 6.54 Å². The number of benzene rings is 1. The van der Waals surface area contributed by atoms with E-state index in [4.69, 9.17) is 6.42 Å². The maximum absolute atomic E-state index is 12.7. The summed E-state index contributed by atoms with van der Waals surface area (Å²) < 4.78 is 38.2. The number of halogens is 3. The van der Waals surface area contributed by atoms with Gasteiger partial charge in [-0.1, -0.05) is 18.2 Å². The molecule has 1 N–H and O–H groups in total. The Labute approximate surface area is 99.0 Å². The summed E-state index contributed by atoms with van der Waals surface area (Å²) >= 11 is 0. The zero-order valence-corrected chi connectivity index (χ0v) is 9.51. The van der Waals surface area contributed by atoms with Gasteiger partial charge in [0.05, 0.1) is 5.56 Å². The Morgan fingerprint density at radius 2 is 2.00 bits per heavy atom. The van der Waals surface area contributed by atoms with Crippen molar-refractivity contribution in [2.45, 2.75) is 25.6 Å². The number of nitrogens with one attached hydrogen (secondary N) is 1. The molecule has 0 spiro atoms. The summed E-state index contributed by atoms with van der Waals surface area (Å²) in [6.45, 7) is 2.20. The van der Waals surface area contributed by atoms with E-state index in [1.54, 1.807) is 13.0 Å². The normalized spacial score (nSPS) is 13.1. The predicted molar refractivity (Wildman–Crippen MR) is 61.3 cm³/mol. The molecular formula is C13H14F3N. The first kappa shape index (κ1) is 13.6. The van der Waals surface area contributed by atoms with Crippen molar-refractivity contribution in [1.29, 1.82) is 0 Å². The molecule has 1 nitrogen and oxygen atoms in total. The monoisotopic (exact) mass is 241 g/mol. The second-order valence-corrected chi connectivity index (χ2v) is 3.71. The van der Waals surface area contributed by atoms with Crippen LogP contribution in [0.3, 0.4) is 0 Å².